The number of nitrogens with two attached hydrogens (primary N) is 2. The summed E-state index contributed by atoms with van der Waals surface area (Å²) in [6.45, 7) is 1.58. The molecule has 0 unspecified atom stereocenters. The molecule has 0 radical (unpaired) electrons. The van der Waals surface area contributed by atoms with Gasteiger partial charge in [0.15, 0.2) is 11.6 Å². The number of hydrogen-bond donors (Lipinski definition) is 4. The maximum Gasteiger partial charge on any atom is 0.196 e. The standard InChI is InChI=1S/C24H24Cl2N6O2S.2ClH/c25-11-16(27)29-6-8-31-20-15-5-10-35-24(15)21(32-9-7-30-17(28)12-26)19-18(20)22(33)13-3-1-2-4-14(13)23(19)34;;/h1-5,10,31-32H,6-9,11-12H2,(H2,27,29)(H2,28,30);2*1H. The molecule has 1 aromatic heterocycles. The van der Waals surface area contributed by atoms with Crippen molar-refractivity contribution in [2.45, 2.75) is 0 Å². The van der Waals surface area contributed by atoms with E-state index >= 15 is 0 Å². The summed E-state index contributed by atoms with van der Waals surface area (Å²) in [7, 11) is 0. The lowest BCUT2D eigenvalue weighted by Gasteiger charge is -2.25. The summed E-state index contributed by atoms with van der Waals surface area (Å²) in [5, 5.41) is 9.43. The van der Waals surface area contributed by atoms with Gasteiger partial charge in [-0.25, -0.2) is 0 Å². The number of hydrogen-bond acceptors (Lipinski definition) is 7. The predicted octanol–water partition coefficient (Wildman–Crippen LogP) is 4.54. The van der Waals surface area contributed by atoms with Crippen LogP contribution in [0, 0.1) is 0 Å². The van der Waals surface area contributed by atoms with Crippen molar-refractivity contribution >= 4 is 104 Å². The Balaban J connectivity index is 0.00000241. The zero-order valence-corrected chi connectivity index (χ0v) is 23.5. The monoisotopic (exact) mass is 602 g/mol. The van der Waals surface area contributed by atoms with Crippen molar-refractivity contribution in [3.63, 3.8) is 0 Å². The molecule has 1 aliphatic rings. The maximum atomic E-state index is 13.7. The number of ketones is 2. The number of carbonyl (C=O) groups excluding carboxylic acids is 2. The molecule has 8 nitrogen and oxygen atoms in total. The molecule has 0 bridgehead atoms. The number of fused-ring (bicyclic) bond motifs is 3. The van der Waals surface area contributed by atoms with Crippen LogP contribution >= 0.6 is 59.4 Å². The van der Waals surface area contributed by atoms with Gasteiger partial charge in [-0.3, -0.25) is 19.6 Å². The fourth-order valence-electron chi connectivity index (χ4n) is 4.00. The van der Waals surface area contributed by atoms with Crippen LogP contribution in [0.5, 0.6) is 0 Å². The SMILES string of the molecule is Cl.Cl.NC(CCl)=NCCNc1c2c(c(NCCN=C(N)CCl)c3sccc13)C(=O)c1ccccc1C2=O. The van der Waals surface area contributed by atoms with E-state index in [2.05, 4.69) is 20.6 Å². The minimum atomic E-state index is -0.206. The highest BCUT2D eigenvalue weighted by Crippen LogP contribution is 2.45. The molecule has 2 aromatic carbocycles. The molecule has 0 fully saturated rings. The topological polar surface area (TPSA) is 135 Å². The minimum absolute atomic E-state index is 0. The first-order chi connectivity index (χ1) is 17.0. The average Bonchev–Trinajstić information content (AvgIpc) is 3.37. The van der Waals surface area contributed by atoms with Gasteiger partial charge in [0.25, 0.3) is 0 Å². The molecular formula is C24H26Cl4N6O2S. The van der Waals surface area contributed by atoms with Crippen LogP contribution in [-0.2, 0) is 0 Å². The third-order valence-corrected chi connectivity index (χ3v) is 6.99. The Kier molecular flexibility index (Phi) is 11.5. The molecule has 0 spiro atoms. The summed E-state index contributed by atoms with van der Waals surface area (Å²) >= 11 is 12.9. The second kappa shape index (κ2) is 13.8. The summed E-state index contributed by atoms with van der Waals surface area (Å²) in [6.07, 6.45) is 0. The second-order valence-electron chi connectivity index (χ2n) is 7.73. The summed E-state index contributed by atoms with van der Waals surface area (Å²) < 4.78 is 0.866. The van der Waals surface area contributed by atoms with Crippen LogP contribution < -0.4 is 22.1 Å². The highest BCUT2D eigenvalue weighted by Gasteiger charge is 2.36. The molecule has 1 heterocycles. The quantitative estimate of drug-likeness (QED) is 0.0691. The molecule has 0 saturated carbocycles. The molecule has 0 atom stereocenters. The molecule has 1 aliphatic carbocycles. The van der Waals surface area contributed by atoms with Crippen molar-refractivity contribution in [3.8, 4) is 0 Å². The smallest absolute Gasteiger partial charge is 0.196 e. The zero-order chi connectivity index (χ0) is 24.9. The van der Waals surface area contributed by atoms with Crippen LogP contribution in [0.4, 0.5) is 11.4 Å². The Morgan fingerprint density at radius 3 is 1.81 bits per heavy atom. The van der Waals surface area contributed by atoms with Gasteiger partial charge in [0.2, 0.25) is 0 Å². The zero-order valence-electron chi connectivity index (χ0n) is 19.6. The molecule has 3 aromatic rings. The van der Waals surface area contributed by atoms with E-state index in [-0.39, 0.29) is 48.1 Å². The van der Waals surface area contributed by atoms with E-state index in [9.17, 15) is 9.59 Å². The van der Waals surface area contributed by atoms with Gasteiger partial charge in [-0.05, 0) is 11.4 Å². The molecule has 37 heavy (non-hydrogen) atoms. The second-order valence-corrected chi connectivity index (χ2v) is 9.18. The normalized spacial score (nSPS) is 12.9. The summed E-state index contributed by atoms with van der Waals surface area (Å²) in [4.78, 5) is 35.8. The molecule has 198 valence electrons. The number of nitrogens with one attached hydrogen (secondary N) is 2. The highest BCUT2D eigenvalue weighted by atomic mass is 35.5. The number of benzene rings is 2. The van der Waals surface area contributed by atoms with Crippen molar-refractivity contribution in [2.75, 3.05) is 48.6 Å². The van der Waals surface area contributed by atoms with E-state index in [1.807, 2.05) is 11.4 Å². The van der Waals surface area contributed by atoms with Crippen LogP contribution in [0.3, 0.4) is 0 Å². The first kappa shape index (κ1) is 30.7. The summed E-state index contributed by atoms with van der Waals surface area (Å²) in [6, 6.07) is 8.82. The van der Waals surface area contributed by atoms with Gasteiger partial charge >= 0.3 is 0 Å². The van der Waals surface area contributed by atoms with Gasteiger partial charge in [0, 0.05) is 29.6 Å². The van der Waals surface area contributed by atoms with Crippen LogP contribution in [-0.4, -0.2) is 61.2 Å². The number of carbonyl (C=O) groups is 2. The van der Waals surface area contributed by atoms with Gasteiger partial charge in [-0.15, -0.1) is 59.4 Å². The van der Waals surface area contributed by atoms with Crippen LogP contribution in [0.2, 0.25) is 0 Å². The number of thiophene rings is 1. The molecular weight excluding hydrogens is 578 g/mol. The number of rotatable bonds is 10. The third kappa shape index (κ3) is 6.30. The molecule has 13 heteroatoms. The maximum absolute atomic E-state index is 13.7. The lowest BCUT2D eigenvalue weighted by atomic mass is 9.81. The Morgan fingerprint density at radius 1 is 0.811 bits per heavy atom. The van der Waals surface area contributed by atoms with Crippen LogP contribution in [0.1, 0.15) is 31.8 Å². The number of alkyl halides is 2. The van der Waals surface area contributed by atoms with E-state index in [1.165, 1.54) is 11.3 Å². The van der Waals surface area contributed by atoms with Crippen LogP contribution in [0.15, 0.2) is 45.7 Å². The third-order valence-electron chi connectivity index (χ3n) is 5.51. The van der Waals surface area contributed by atoms with Crippen molar-refractivity contribution in [2.24, 2.45) is 21.5 Å². The number of nitrogens with zero attached hydrogens (tertiary/aromatic N) is 2. The Morgan fingerprint density at radius 2 is 1.30 bits per heavy atom. The largest absolute Gasteiger partial charge is 0.386 e. The fourth-order valence-corrected chi connectivity index (χ4v) is 5.10. The first-order valence-electron chi connectivity index (χ1n) is 10.9. The summed E-state index contributed by atoms with van der Waals surface area (Å²) in [5.74, 6) is 0.568. The van der Waals surface area contributed by atoms with E-state index in [0.29, 0.717) is 71.5 Å². The lowest BCUT2D eigenvalue weighted by Crippen LogP contribution is -2.25. The van der Waals surface area contributed by atoms with Gasteiger partial charge < -0.3 is 22.1 Å². The predicted molar refractivity (Wildman–Crippen MR) is 161 cm³/mol. The van der Waals surface area contributed by atoms with E-state index in [4.69, 9.17) is 34.7 Å². The van der Waals surface area contributed by atoms with Crippen LogP contribution in [0.25, 0.3) is 10.1 Å². The minimum Gasteiger partial charge on any atom is -0.386 e. The van der Waals surface area contributed by atoms with E-state index < -0.39 is 0 Å². The van der Waals surface area contributed by atoms with Crippen molar-refractivity contribution < 1.29 is 9.59 Å². The number of amidine groups is 2. The number of aliphatic imine (C=N–C) groups is 2. The average molecular weight is 604 g/mol. The van der Waals surface area contributed by atoms with E-state index in [0.717, 1.165) is 10.1 Å². The van der Waals surface area contributed by atoms with Crippen molar-refractivity contribution in [3.05, 3.63) is 58.0 Å². The highest BCUT2D eigenvalue weighted by molar-refractivity contribution is 7.18. The van der Waals surface area contributed by atoms with Gasteiger partial charge in [-0.2, -0.15) is 0 Å². The number of anilines is 2. The molecule has 6 N–H and O–H groups in total. The number of halogens is 4. The van der Waals surface area contributed by atoms with Gasteiger partial charge in [0.05, 0.1) is 52.1 Å². The molecule has 0 aliphatic heterocycles. The van der Waals surface area contributed by atoms with Crippen molar-refractivity contribution in [1.29, 1.82) is 0 Å². The molecule has 0 amide bonds. The molecule has 4 rings (SSSR count). The Bertz CT molecular complexity index is 1260. The molecule has 0 saturated heterocycles. The lowest BCUT2D eigenvalue weighted by molar-refractivity contribution is 0.0980. The summed E-state index contributed by atoms with van der Waals surface area (Å²) in [5.41, 5.74) is 14.1. The van der Waals surface area contributed by atoms with Gasteiger partial charge in [-0.1, -0.05) is 24.3 Å². The Hall–Kier alpha value is -2.56. The van der Waals surface area contributed by atoms with Gasteiger partial charge in [0.1, 0.15) is 11.7 Å². The van der Waals surface area contributed by atoms with E-state index in [1.54, 1.807) is 24.3 Å². The van der Waals surface area contributed by atoms with Crippen molar-refractivity contribution in [1.82, 2.24) is 0 Å². The Labute approximate surface area is 240 Å². The first-order valence-corrected chi connectivity index (χ1v) is 12.9. The fraction of sp³-hybridized carbons (Fsp3) is 0.250.